The van der Waals surface area contributed by atoms with Gasteiger partial charge in [-0.25, -0.2) is 13.1 Å². The highest BCUT2D eigenvalue weighted by atomic mass is 32.2. The van der Waals surface area contributed by atoms with Crippen molar-refractivity contribution < 1.29 is 8.42 Å². The Hall–Kier alpha value is -2.98. The van der Waals surface area contributed by atoms with Crippen LogP contribution in [-0.2, 0) is 23.6 Å². The number of fused-ring (bicyclic) bond motifs is 2. The maximum Gasteiger partial charge on any atom is 0.240 e. The maximum atomic E-state index is 13.1. The standard InChI is InChI=1S/C23H23N5O2S2/c1-28-14-20(19-4-2-3-5-23(19)28)22(26-12-17-11-24-15-31-17)13-27-32(29,30)18-7-6-16-8-9-25-21(16)10-18/h2-11,14-15,22,25-27H,12-13H2,1H3/t22-/m1/s1. The molecule has 0 bridgehead atoms. The van der Waals surface area contributed by atoms with E-state index in [1.165, 1.54) is 0 Å². The van der Waals surface area contributed by atoms with Crippen LogP contribution in [-0.4, -0.2) is 29.5 Å². The van der Waals surface area contributed by atoms with Gasteiger partial charge in [-0.2, -0.15) is 0 Å². The smallest absolute Gasteiger partial charge is 0.240 e. The number of hydrogen-bond donors (Lipinski definition) is 3. The molecular formula is C23H23N5O2S2. The first kappa shape index (κ1) is 20.9. The van der Waals surface area contributed by atoms with Crippen LogP contribution in [0.15, 0.2) is 77.5 Å². The van der Waals surface area contributed by atoms with Crippen LogP contribution in [0.5, 0.6) is 0 Å². The van der Waals surface area contributed by atoms with E-state index in [1.807, 2.05) is 37.5 Å². The van der Waals surface area contributed by atoms with Crippen molar-refractivity contribution in [2.45, 2.75) is 17.5 Å². The van der Waals surface area contributed by atoms with Crippen molar-refractivity contribution in [3.8, 4) is 0 Å². The Morgan fingerprint density at radius 1 is 1.19 bits per heavy atom. The topological polar surface area (TPSA) is 91.8 Å². The highest BCUT2D eigenvalue weighted by molar-refractivity contribution is 7.89. The van der Waals surface area contributed by atoms with E-state index in [4.69, 9.17) is 0 Å². The lowest BCUT2D eigenvalue weighted by Crippen LogP contribution is -2.34. The van der Waals surface area contributed by atoms with Gasteiger partial charge in [-0.1, -0.05) is 24.3 Å². The average Bonchev–Trinajstić information content (AvgIpc) is 3.54. The summed E-state index contributed by atoms with van der Waals surface area (Å²) in [6.07, 6.45) is 5.69. The van der Waals surface area contributed by atoms with Gasteiger partial charge < -0.3 is 14.9 Å². The van der Waals surface area contributed by atoms with Crippen molar-refractivity contribution in [1.82, 2.24) is 24.6 Å². The van der Waals surface area contributed by atoms with Gasteiger partial charge in [-0.15, -0.1) is 11.3 Å². The van der Waals surface area contributed by atoms with Crippen LogP contribution in [0.25, 0.3) is 21.8 Å². The lowest BCUT2D eigenvalue weighted by atomic mass is 10.1. The summed E-state index contributed by atoms with van der Waals surface area (Å²) >= 11 is 1.57. The van der Waals surface area contributed by atoms with Crippen LogP contribution in [0, 0.1) is 0 Å². The summed E-state index contributed by atoms with van der Waals surface area (Å²) in [5, 5.41) is 5.59. The van der Waals surface area contributed by atoms with Gasteiger partial charge in [-0.05, 0) is 35.2 Å². The molecule has 0 aliphatic heterocycles. The lowest BCUT2D eigenvalue weighted by molar-refractivity contribution is 0.516. The fraction of sp³-hybridized carbons (Fsp3) is 0.174. The number of benzene rings is 2. The number of para-hydroxylation sites is 1. The van der Waals surface area contributed by atoms with Crippen LogP contribution in [0.3, 0.4) is 0 Å². The van der Waals surface area contributed by atoms with E-state index in [-0.39, 0.29) is 17.5 Å². The van der Waals surface area contributed by atoms with Crippen LogP contribution in [0.4, 0.5) is 0 Å². The maximum absolute atomic E-state index is 13.1. The molecule has 3 N–H and O–H groups in total. The van der Waals surface area contributed by atoms with E-state index < -0.39 is 10.0 Å². The van der Waals surface area contributed by atoms with Crippen molar-refractivity contribution in [3.63, 3.8) is 0 Å². The molecule has 0 aliphatic carbocycles. The number of sulfonamides is 1. The highest BCUT2D eigenvalue weighted by Crippen LogP contribution is 2.27. The van der Waals surface area contributed by atoms with E-state index in [0.717, 1.165) is 32.2 Å². The molecule has 3 aromatic heterocycles. The first-order valence-electron chi connectivity index (χ1n) is 10.2. The Labute approximate surface area is 190 Å². The summed E-state index contributed by atoms with van der Waals surface area (Å²) in [5.74, 6) is 0. The Morgan fingerprint density at radius 2 is 2.06 bits per heavy atom. The first-order chi connectivity index (χ1) is 15.5. The number of rotatable bonds is 8. The molecule has 2 aromatic carbocycles. The molecule has 3 heterocycles. The molecule has 0 radical (unpaired) electrons. The minimum atomic E-state index is -3.68. The van der Waals surface area contributed by atoms with Gasteiger partial charge in [0.25, 0.3) is 0 Å². The Balaban J connectivity index is 1.43. The van der Waals surface area contributed by atoms with Gasteiger partial charge in [0.2, 0.25) is 10.0 Å². The number of H-pyrrole nitrogens is 1. The van der Waals surface area contributed by atoms with E-state index in [9.17, 15) is 8.42 Å². The zero-order valence-electron chi connectivity index (χ0n) is 17.4. The second kappa shape index (κ2) is 8.51. The molecule has 0 spiro atoms. The first-order valence-corrected chi connectivity index (χ1v) is 12.6. The van der Waals surface area contributed by atoms with Crippen LogP contribution < -0.4 is 10.0 Å². The lowest BCUT2D eigenvalue weighted by Gasteiger charge is -2.19. The number of hydrogen-bond acceptors (Lipinski definition) is 5. The third-order valence-electron chi connectivity index (χ3n) is 5.62. The fourth-order valence-corrected chi connectivity index (χ4v) is 5.58. The molecule has 5 rings (SSSR count). The number of nitrogens with one attached hydrogen (secondary N) is 3. The molecule has 32 heavy (non-hydrogen) atoms. The SMILES string of the molecule is Cn1cc([C@@H](CNS(=O)(=O)c2ccc3cc[nH]c3c2)NCc2cncs2)c2ccccc21. The van der Waals surface area contributed by atoms with Crippen molar-refractivity contribution in [2.24, 2.45) is 7.05 Å². The van der Waals surface area contributed by atoms with Crippen molar-refractivity contribution >= 4 is 43.2 Å². The molecule has 164 valence electrons. The minimum absolute atomic E-state index is 0.216. The largest absolute Gasteiger partial charge is 0.361 e. The quantitative estimate of drug-likeness (QED) is 0.324. The predicted octanol–water partition coefficient (Wildman–Crippen LogP) is 3.93. The summed E-state index contributed by atoms with van der Waals surface area (Å²) in [4.78, 5) is 8.54. The second-order valence-electron chi connectivity index (χ2n) is 7.69. The van der Waals surface area contributed by atoms with E-state index in [1.54, 1.807) is 35.2 Å². The monoisotopic (exact) mass is 465 g/mol. The van der Waals surface area contributed by atoms with E-state index in [2.05, 4.69) is 42.9 Å². The summed E-state index contributed by atoms with van der Waals surface area (Å²) in [6.45, 7) is 0.826. The summed E-state index contributed by atoms with van der Waals surface area (Å²) in [7, 11) is -1.68. The van der Waals surface area contributed by atoms with Gasteiger partial charge in [0.1, 0.15) is 0 Å². The molecule has 0 amide bonds. The molecule has 0 fully saturated rings. The zero-order chi connectivity index (χ0) is 22.1. The van der Waals surface area contributed by atoms with E-state index in [0.29, 0.717) is 6.54 Å². The Bertz CT molecular complexity index is 1470. The van der Waals surface area contributed by atoms with Gasteiger partial charge in [0, 0.05) is 66.1 Å². The summed E-state index contributed by atoms with van der Waals surface area (Å²) in [5.41, 5.74) is 4.74. The molecule has 0 unspecified atom stereocenters. The third kappa shape index (κ3) is 4.07. The normalized spacial score (nSPS) is 13.2. The molecule has 9 heteroatoms. The van der Waals surface area contributed by atoms with Crippen molar-refractivity contribution in [1.29, 1.82) is 0 Å². The van der Waals surface area contributed by atoms with Gasteiger partial charge in [-0.3, -0.25) is 4.98 Å². The van der Waals surface area contributed by atoms with Gasteiger partial charge in [0.15, 0.2) is 0 Å². The number of nitrogens with zero attached hydrogens (tertiary/aromatic N) is 2. The van der Waals surface area contributed by atoms with Crippen LogP contribution in [0.2, 0.25) is 0 Å². The second-order valence-corrected chi connectivity index (χ2v) is 10.4. The third-order valence-corrected chi connectivity index (χ3v) is 7.82. The summed E-state index contributed by atoms with van der Waals surface area (Å²) in [6, 6.07) is 14.9. The molecule has 0 saturated heterocycles. The number of aryl methyl sites for hydroxylation is 1. The van der Waals surface area contributed by atoms with Crippen molar-refractivity contribution in [3.05, 3.63) is 83.1 Å². The zero-order valence-corrected chi connectivity index (χ0v) is 19.1. The number of thiazole rings is 1. The predicted molar refractivity (Wildman–Crippen MR) is 128 cm³/mol. The Morgan fingerprint density at radius 3 is 2.91 bits per heavy atom. The van der Waals surface area contributed by atoms with Crippen molar-refractivity contribution in [2.75, 3.05) is 6.54 Å². The van der Waals surface area contributed by atoms with Gasteiger partial charge >= 0.3 is 0 Å². The molecular weight excluding hydrogens is 442 g/mol. The Kier molecular flexibility index (Phi) is 5.56. The van der Waals surface area contributed by atoms with Gasteiger partial charge in [0.05, 0.1) is 10.4 Å². The van der Waals surface area contributed by atoms with Crippen LogP contribution in [0.1, 0.15) is 16.5 Å². The molecule has 0 aliphatic rings. The molecule has 5 aromatic rings. The molecule has 7 nitrogen and oxygen atoms in total. The molecule has 1 atom stereocenters. The minimum Gasteiger partial charge on any atom is -0.361 e. The molecule has 0 saturated carbocycles. The van der Waals surface area contributed by atoms with E-state index >= 15 is 0 Å². The average molecular weight is 466 g/mol. The summed E-state index contributed by atoms with van der Waals surface area (Å²) < 4.78 is 31.0. The number of aromatic amines is 1. The highest BCUT2D eigenvalue weighted by Gasteiger charge is 2.21. The number of aromatic nitrogens is 3. The van der Waals surface area contributed by atoms with Crippen LogP contribution >= 0.6 is 11.3 Å². The fourth-order valence-electron chi connectivity index (χ4n) is 3.97.